The lowest BCUT2D eigenvalue weighted by molar-refractivity contribution is -0.384. The number of rotatable bonds is 5. The molecule has 0 radical (unpaired) electrons. The zero-order valence-corrected chi connectivity index (χ0v) is 12.2. The fraction of sp³-hybridized carbons (Fsp3) is 0.250. The van der Waals surface area contributed by atoms with Crippen LogP contribution in [0.5, 0.6) is 0 Å². The molecule has 110 valence electrons. The van der Waals surface area contributed by atoms with E-state index in [1.165, 1.54) is 23.5 Å². The van der Waals surface area contributed by atoms with E-state index >= 15 is 0 Å². The largest absolute Gasteiger partial charge is 0.383 e. The Morgan fingerprint density at radius 2 is 2.19 bits per heavy atom. The number of nitro groups is 1. The van der Waals surface area contributed by atoms with Crippen LogP contribution in [0.1, 0.15) is 22.3 Å². The predicted molar refractivity (Wildman–Crippen MR) is 79.9 cm³/mol. The number of nitrogens with zero attached hydrogens (tertiary/aromatic N) is 3. The Labute approximate surface area is 124 Å². The molecule has 1 heterocycles. The fourth-order valence-electron chi connectivity index (χ4n) is 1.74. The minimum absolute atomic E-state index is 0.0277. The van der Waals surface area contributed by atoms with Gasteiger partial charge in [-0.1, -0.05) is 24.3 Å². The van der Waals surface area contributed by atoms with Crippen LogP contribution in [-0.2, 0) is 6.42 Å². The van der Waals surface area contributed by atoms with Crippen molar-refractivity contribution in [1.29, 1.82) is 0 Å². The number of benzene rings is 1. The molecule has 0 aliphatic rings. The van der Waals surface area contributed by atoms with Crippen LogP contribution in [0.2, 0.25) is 0 Å². The highest BCUT2D eigenvalue weighted by Crippen LogP contribution is 2.29. The molecule has 0 fully saturated rings. The summed E-state index contributed by atoms with van der Waals surface area (Å²) in [6.07, 6.45) is 0.711. The van der Waals surface area contributed by atoms with Gasteiger partial charge in [0.2, 0.25) is 5.13 Å². The highest BCUT2D eigenvalue weighted by atomic mass is 32.1. The van der Waals surface area contributed by atoms with E-state index in [0.29, 0.717) is 11.6 Å². The molecule has 1 amide bonds. The quantitative estimate of drug-likeness (QED) is 0.648. The highest BCUT2D eigenvalue weighted by molar-refractivity contribution is 7.15. The average molecular weight is 307 g/mol. The second-order valence-corrected chi connectivity index (χ2v) is 5.08. The number of aryl methyl sites for hydroxylation is 1. The third-order valence-electron chi connectivity index (χ3n) is 2.72. The van der Waals surface area contributed by atoms with Crippen molar-refractivity contribution in [3.05, 3.63) is 38.9 Å². The summed E-state index contributed by atoms with van der Waals surface area (Å²) in [6.45, 7) is 1.92. The summed E-state index contributed by atoms with van der Waals surface area (Å²) in [7, 11) is 1.56. The average Bonchev–Trinajstić information content (AvgIpc) is 2.93. The Hall–Kier alpha value is -2.55. The normalized spacial score (nSPS) is 10.2. The number of amides is 1. The molecule has 0 saturated heterocycles. The molecular weight excluding hydrogens is 294 g/mol. The van der Waals surface area contributed by atoms with E-state index < -0.39 is 10.8 Å². The van der Waals surface area contributed by atoms with Gasteiger partial charge in [-0.05, 0) is 18.6 Å². The molecular formula is C12H13N5O3S. The minimum atomic E-state index is -0.586. The second-order valence-electron chi connectivity index (χ2n) is 4.02. The van der Waals surface area contributed by atoms with Crippen LogP contribution >= 0.6 is 11.3 Å². The molecule has 2 rings (SSSR count). The number of carbonyl (C=O) groups excluding carboxylic acids is 1. The molecule has 2 N–H and O–H groups in total. The smallest absolute Gasteiger partial charge is 0.305 e. The number of hydrogen-bond donors (Lipinski definition) is 2. The first-order chi connectivity index (χ1) is 10.1. The van der Waals surface area contributed by atoms with Gasteiger partial charge in [0.25, 0.3) is 5.91 Å². The van der Waals surface area contributed by atoms with E-state index in [1.54, 1.807) is 13.1 Å². The van der Waals surface area contributed by atoms with E-state index in [4.69, 9.17) is 0 Å². The summed E-state index contributed by atoms with van der Waals surface area (Å²) >= 11 is 1.24. The van der Waals surface area contributed by atoms with Gasteiger partial charge in [0.05, 0.1) is 4.92 Å². The number of hydrogen-bond acceptors (Lipinski definition) is 7. The third-order valence-corrected chi connectivity index (χ3v) is 3.71. The van der Waals surface area contributed by atoms with Gasteiger partial charge in [0.1, 0.15) is 16.3 Å². The maximum Gasteiger partial charge on any atom is 0.305 e. The molecule has 0 saturated carbocycles. The van der Waals surface area contributed by atoms with E-state index in [0.717, 1.165) is 5.01 Å². The summed E-state index contributed by atoms with van der Waals surface area (Å²) in [4.78, 5) is 22.8. The summed E-state index contributed by atoms with van der Waals surface area (Å²) < 4.78 is 0. The van der Waals surface area contributed by atoms with Crippen molar-refractivity contribution in [1.82, 2.24) is 10.2 Å². The number of nitrogens with one attached hydrogen (secondary N) is 2. The van der Waals surface area contributed by atoms with Crippen molar-refractivity contribution in [3.8, 4) is 0 Å². The van der Waals surface area contributed by atoms with Gasteiger partial charge >= 0.3 is 5.69 Å². The van der Waals surface area contributed by atoms with Gasteiger partial charge in [-0.2, -0.15) is 0 Å². The van der Waals surface area contributed by atoms with E-state index in [1.807, 2.05) is 6.92 Å². The van der Waals surface area contributed by atoms with E-state index in [2.05, 4.69) is 20.8 Å². The lowest BCUT2D eigenvalue weighted by atomic mass is 10.1. The molecule has 1 aromatic carbocycles. The number of nitro benzene ring substituents is 1. The first kappa shape index (κ1) is 14.9. The van der Waals surface area contributed by atoms with Crippen LogP contribution in [0.3, 0.4) is 0 Å². The molecule has 0 bridgehead atoms. The number of carbonyl (C=O) groups is 1. The van der Waals surface area contributed by atoms with Gasteiger partial charge in [0.15, 0.2) is 0 Å². The molecule has 21 heavy (non-hydrogen) atoms. The van der Waals surface area contributed by atoms with Gasteiger partial charge in [-0.25, -0.2) is 0 Å². The lowest BCUT2D eigenvalue weighted by Crippen LogP contribution is -2.14. The summed E-state index contributed by atoms with van der Waals surface area (Å²) in [6, 6.07) is 4.51. The van der Waals surface area contributed by atoms with Crippen molar-refractivity contribution < 1.29 is 9.72 Å². The number of aromatic nitrogens is 2. The standard InChI is InChI=1S/C12H13N5O3S/c1-3-9-15-16-12(21-9)14-11(18)7-5-4-6-8(13-2)10(7)17(19)20/h4-6,13H,3H2,1-2H3,(H,14,16,18). The van der Waals surface area contributed by atoms with Crippen LogP contribution in [0.25, 0.3) is 0 Å². The summed E-state index contributed by atoms with van der Waals surface area (Å²) in [5.41, 5.74) is -0.0167. The predicted octanol–water partition coefficient (Wildman–Crippen LogP) is 2.30. The molecule has 0 atom stereocenters. The van der Waals surface area contributed by atoms with Crippen molar-refractivity contribution >= 4 is 33.8 Å². The Bertz CT molecular complexity index is 685. The van der Waals surface area contributed by atoms with Crippen LogP contribution in [0, 0.1) is 10.1 Å². The molecule has 8 nitrogen and oxygen atoms in total. The molecule has 0 aliphatic carbocycles. The van der Waals surface area contributed by atoms with Crippen molar-refractivity contribution in [2.45, 2.75) is 13.3 Å². The van der Waals surface area contributed by atoms with E-state index in [-0.39, 0.29) is 16.9 Å². The summed E-state index contributed by atoms with van der Waals surface area (Å²) in [5.74, 6) is -0.586. The van der Waals surface area contributed by atoms with Crippen LogP contribution in [0.4, 0.5) is 16.5 Å². The topological polar surface area (TPSA) is 110 Å². The number of anilines is 2. The Morgan fingerprint density at radius 1 is 1.43 bits per heavy atom. The van der Waals surface area contributed by atoms with Crippen LogP contribution < -0.4 is 10.6 Å². The molecule has 1 aromatic heterocycles. The molecule has 9 heteroatoms. The fourth-order valence-corrected chi connectivity index (χ4v) is 2.41. The molecule has 0 spiro atoms. The van der Waals surface area contributed by atoms with Crippen molar-refractivity contribution in [2.24, 2.45) is 0 Å². The lowest BCUT2D eigenvalue weighted by Gasteiger charge is -2.06. The Balaban J connectivity index is 2.32. The van der Waals surface area contributed by atoms with Crippen LogP contribution in [0.15, 0.2) is 18.2 Å². The zero-order valence-electron chi connectivity index (χ0n) is 11.4. The molecule has 0 aliphatic heterocycles. The summed E-state index contributed by atoms with van der Waals surface area (Å²) in [5, 5.41) is 25.2. The molecule has 0 unspecified atom stereocenters. The van der Waals surface area contributed by atoms with Gasteiger partial charge in [-0.3, -0.25) is 20.2 Å². The SMILES string of the molecule is CCc1nnc(NC(=O)c2cccc(NC)c2[N+](=O)[O-])s1. The van der Waals surface area contributed by atoms with Crippen molar-refractivity contribution in [2.75, 3.05) is 17.7 Å². The first-order valence-electron chi connectivity index (χ1n) is 6.15. The van der Waals surface area contributed by atoms with Gasteiger partial charge < -0.3 is 5.32 Å². The zero-order chi connectivity index (χ0) is 15.4. The third kappa shape index (κ3) is 3.14. The Morgan fingerprint density at radius 3 is 2.76 bits per heavy atom. The number of para-hydroxylation sites is 1. The van der Waals surface area contributed by atoms with E-state index in [9.17, 15) is 14.9 Å². The van der Waals surface area contributed by atoms with Gasteiger partial charge in [0, 0.05) is 7.05 Å². The highest BCUT2D eigenvalue weighted by Gasteiger charge is 2.24. The van der Waals surface area contributed by atoms with Gasteiger partial charge in [-0.15, -0.1) is 10.2 Å². The van der Waals surface area contributed by atoms with Crippen LogP contribution in [-0.4, -0.2) is 28.1 Å². The first-order valence-corrected chi connectivity index (χ1v) is 6.97. The molecule has 2 aromatic rings. The monoisotopic (exact) mass is 307 g/mol. The Kier molecular flexibility index (Phi) is 4.43. The minimum Gasteiger partial charge on any atom is -0.383 e. The maximum absolute atomic E-state index is 12.2. The van der Waals surface area contributed by atoms with Crippen molar-refractivity contribution in [3.63, 3.8) is 0 Å². The second kappa shape index (κ2) is 6.27. The maximum atomic E-state index is 12.2.